The van der Waals surface area contributed by atoms with Crippen LogP contribution >= 0.6 is 15.9 Å². The van der Waals surface area contributed by atoms with Gasteiger partial charge in [-0.25, -0.2) is 9.37 Å². The summed E-state index contributed by atoms with van der Waals surface area (Å²) >= 11 is 3.13. The number of rotatable bonds is 3. The smallest absolute Gasteiger partial charge is 0.254 e. The standard InChI is InChI=1S/C11H10BrFN4O/c1-6(10-14-5-15-17-10)16-11(18)8-3-2-7(12)4-9(8)13/h2-6H,1H3,(H,16,18)(H,14,15,17). The minimum absolute atomic E-state index is 0.00966. The highest BCUT2D eigenvalue weighted by molar-refractivity contribution is 9.10. The van der Waals surface area contributed by atoms with Gasteiger partial charge in [0, 0.05) is 4.47 Å². The number of hydrogen-bond donors (Lipinski definition) is 2. The Labute approximate surface area is 111 Å². The molecule has 18 heavy (non-hydrogen) atoms. The summed E-state index contributed by atoms with van der Waals surface area (Å²) in [4.78, 5) is 15.8. The summed E-state index contributed by atoms with van der Waals surface area (Å²) < 4.78 is 14.2. The molecule has 0 bridgehead atoms. The normalized spacial score (nSPS) is 12.2. The van der Waals surface area contributed by atoms with Crippen molar-refractivity contribution in [1.82, 2.24) is 20.5 Å². The summed E-state index contributed by atoms with van der Waals surface area (Å²) in [5.41, 5.74) is -0.00966. The molecule has 2 aromatic rings. The van der Waals surface area contributed by atoms with Crippen LogP contribution in [0.3, 0.4) is 0 Å². The van der Waals surface area contributed by atoms with Crippen LogP contribution in [0.4, 0.5) is 4.39 Å². The Morgan fingerprint density at radius 1 is 1.56 bits per heavy atom. The molecular weight excluding hydrogens is 303 g/mol. The van der Waals surface area contributed by atoms with E-state index in [1.807, 2.05) is 0 Å². The van der Waals surface area contributed by atoms with Gasteiger partial charge in [-0.2, -0.15) is 5.10 Å². The molecular formula is C11H10BrFN4O. The maximum absolute atomic E-state index is 13.6. The molecule has 0 saturated heterocycles. The van der Waals surface area contributed by atoms with Gasteiger partial charge in [0.2, 0.25) is 0 Å². The van der Waals surface area contributed by atoms with Gasteiger partial charge in [0.15, 0.2) is 0 Å². The quantitative estimate of drug-likeness (QED) is 0.912. The van der Waals surface area contributed by atoms with Crippen molar-refractivity contribution in [2.45, 2.75) is 13.0 Å². The first kappa shape index (κ1) is 12.7. The van der Waals surface area contributed by atoms with E-state index in [9.17, 15) is 9.18 Å². The zero-order valence-corrected chi connectivity index (χ0v) is 11.0. The van der Waals surface area contributed by atoms with E-state index >= 15 is 0 Å². The lowest BCUT2D eigenvalue weighted by molar-refractivity contribution is 0.0934. The largest absolute Gasteiger partial charge is 0.342 e. The number of aromatic nitrogens is 3. The molecule has 94 valence electrons. The van der Waals surface area contributed by atoms with Crippen LogP contribution in [0.2, 0.25) is 0 Å². The van der Waals surface area contributed by atoms with E-state index in [-0.39, 0.29) is 11.6 Å². The number of aromatic amines is 1. The van der Waals surface area contributed by atoms with Gasteiger partial charge in [0.05, 0.1) is 11.6 Å². The second kappa shape index (κ2) is 5.26. The predicted octanol–water partition coefficient (Wildman–Crippen LogP) is 2.20. The second-order valence-electron chi connectivity index (χ2n) is 3.69. The minimum atomic E-state index is -0.577. The zero-order chi connectivity index (χ0) is 13.1. The van der Waals surface area contributed by atoms with Crippen LogP contribution in [0.1, 0.15) is 29.1 Å². The zero-order valence-electron chi connectivity index (χ0n) is 9.45. The summed E-state index contributed by atoms with van der Waals surface area (Å²) in [5, 5.41) is 8.96. The van der Waals surface area contributed by atoms with Crippen molar-refractivity contribution in [3.8, 4) is 0 Å². The molecule has 1 unspecified atom stereocenters. The van der Waals surface area contributed by atoms with E-state index in [1.165, 1.54) is 18.5 Å². The van der Waals surface area contributed by atoms with Crippen LogP contribution in [-0.2, 0) is 0 Å². The van der Waals surface area contributed by atoms with Gasteiger partial charge in [0.1, 0.15) is 18.0 Å². The van der Waals surface area contributed by atoms with Crippen LogP contribution in [0.15, 0.2) is 29.0 Å². The van der Waals surface area contributed by atoms with E-state index in [2.05, 4.69) is 36.4 Å². The maximum atomic E-state index is 13.6. The number of halogens is 2. The predicted molar refractivity (Wildman–Crippen MR) is 66.4 cm³/mol. The van der Waals surface area contributed by atoms with Crippen molar-refractivity contribution < 1.29 is 9.18 Å². The van der Waals surface area contributed by atoms with E-state index in [4.69, 9.17) is 0 Å². The molecule has 0 saturated carbocycles. The summed E-state index contributed by atoms with van der Waals surface area (Å²) in [6, 6.07) is 3.90. The maximum Gasteiger partial charge on any atom is 0.254 e. The fourth-order valence-electron chi connectivity index (χ4n) is 1.44. The van der Waals surface area contributed by atoms with Crippen molar-refractivity contribution in [3.63, 3.8) is 0 Å². The molecule has 5 nitrogen and oxygen atoms in total. The average molecular weight is 313 g/mol. The first-order chi connectivity index (χ1) is 8.58. The molecule has 0 aliphatic heterocycles. The highest BCUT2D eigenvalue weighted by atomic mass is 79.9. The van der Waals surface area contributed by atoms with Crippen molar-refractivity contribution in [2.24, 2.45) is 0 Å². The number of carbonyl (C=O) groups is 1. The van der Waals surface area contributed by atoms with Gasteiger partial charge in [-0.3, -0.25) is 9.89 Å². The third-order valence-corrected chi connectivity index (χ3v) is 2.86. The fraction of sp³-hybridized carbons (Fsp3) is 0.182. The van der Waals surface area contributed by atoms with E-state index in [0.29, 0.717) is 10.3 Å². The van der Waals surface area contributed by atoms with Gasteiger partial charge >= 0.3 is 0 Å². The van der Waals surface area contributed by atoms with Crippen molar-refractivity contribution in [3.05, 3.63) is 46.2 Å². The fourth-order valence-corrected chi connectivity index (χ4v) is 1.77. The van der Waals surface area contributed by atoms with E-state index in [1.54, 1.807) is 13.0 Å². The van der Waals surface area contributed by atoms with E-state index in [0.717, 1.165) is 0 Å². The molecule has 1 aromatic heterocycles. The lowest BCUT2D eigenvalue weighted by atomic mass is 10.2. The molecule has 1 amide bonds. The van der Waals surface area contributed by atoms with Gasteiger partial charge in [-0.15, -0.1) is 0 Å². The minimum Gasteiger partial charge on any atom is -0.342 e. The number of nitrogens with zero attached hydrogens (tertiary/aromatic N) is 2. The van der Waals surface area contributed by atoms with Crippen LogP contribution in [0.5, 0.6) is 0 Å². The molecule has 0 spiro atoms. The van der Waals surface area contributed by atoms with Crippen molar-refractivity contribution >= 4 is 21.8 Å². The second-order valence-corrected chi connectivity index (χ2v) is 4.61. The third kappa shape index (κ3) is 2.73. The highest BCUT2D eigenvalue weighted by Crippen LogP contribution is 2.16. The number of H-pyrrole nitrogens is 1. The Morgan fingerprint density at radius 3 is 2.94 bits per heavy atom. The molecule has 1 atom stereocenters. The molecule has 1 aromatic carbocycles. The highest BCUT2D eigenvalue weighted by Gasteiger charge is 2.16. The number of hydrogen-bond acceptors (Lipinski definition) is 3. The Hall–Kier alpha value is -1.76. The SMILES string of the molecule is CC(NC(=O)c1ccc(Br)cc1F)c1ncn[nH]1. The molecule has 7 heteroatoms. The summed E-state index contributed by atoms with van der Waals surface area (Å²) in [6.07, 6.45) is 1.35. The summed E-state index contributed by atoms with van der Waals surface area (Å²) in [7, 11) is 0. The molecule has 2 rings (SSSR count). The molecule has 0 radical (unpaired) electrons. The monoisotopic (exact) mass is 312 g/mol. The average Bonchev–Trinajstić information content (AvgIpc) is 2.81. The molecule has 0 aliphatic rings. The van der Waals surface area contributed by atoms with Gasteiger partial charge in [-0.1, -0.05) is 15.9 Å². The van der Waals surface area contributed by atoms with Gasteiger partial charge < -0.3 is 5.32 Å². The third-order valence-electron chi connectivity index (χ3n) is 2.37. The van der Waals surface area contributed by atoms with Crippen molar-refractivity contribution in [2.75, 3.05) is 0 Å². The lowest BCUT2D eigenvalue weighted by Crippen LogP contribution is -2.28. The summed E-state index contributed by atoms with van der Waals surface area (Å²) in [6.45, 7) is 1.73. The van der Waals surface area contributed by atoms with E-state index < -0.39 is 11.7 Å². The Morgan fingerprint density at radius 2 is 2.33 bits per heavy atom. The Kier molecular flexibility index (Phi) is 3.71. The number of carbonyl (C=O) groups excluding carboxylic acids is 1. The van der Waals surface area contributed by atoms with Crippen LogP contribution in [0.25, 0.3) is 0 Å². The molecule has 2 N–H and O–H groups in total. The van der Waals surface area contributed by atoms with Crippen LogP contribution in [-0.4, -0.2) is 21.1 Å². The van der Waals surface area contributed by atoms with Gasteiger partial charge in [0.25, 0.3) is 5.91 Å². The number of amides is 1. The van der Waals surface area contributed by atoms with Crippen LogP contribution < -0.4 is 5.32 Å². The molecule has 0 aliphatic carbocycles. The lowest BCUT2D eigenvalue weighted by Gasteiger charge is -2.11. The first-order valence-electron chi connectivity index (χ1n) is 5.19. The first-order valence-corrected chi connectivity index (χ1v) is 5.98. The van der Waals surface area contributed by atoms with Crippen LogP contribution in [0, 0.1) is 5.82 Å². The summed E-state index contributed by atoms with van der Waals surface area (Å²) in [5.74, 6) is -0.559. The Balaban J connectivity index is 2.12. The van der Waals surface area contributed by atoms with Gasteiger partial charge in [-0.05, 0) is 25.1 Å². The molecule has 1 heterocycles. The number of nitrogens with one attached hydrogen (secondary N) is 2. The van der Waals surface area contributed by atoms with Crippen molar-refractivity contribution in [1.29, 1.82) is 0 Å². The Bertz CT molecular complexity index is 558. The molecule has 0 fully saturated rings. The topological polar surface area (TPSA) is 70.7 Å². The number of benzene rings is 1.